The topological polar surface area (TPSA) is 237 Å². The fourth-order valence-electron chi connectivity index (χ4n) is 9.72. The van der Waals surface area contributed by atoms with Crippen LogP contribution in [0.4, 0.5) is 0 Å². The molecule has 0 aromatic rings. The van der Waals surface area contributed by atoms with E-state index in [1.807, 2.05) is 36.5 Å². The monoisotopic (exact) mass is 1590 g/mol. The largest absolute Gasteiger partial charge is 0.472 e. The Hall–Kier alpha value is -7.14. The third-order valence-corrected chi connectivity index (χ3v) is 17.7. The quantitative estimate of drug-likeness (QED) is 0.0169. The Bertz CT molecular complexity index is 3090. The van der Waals surface area contributed by atoms with Crippen LogP contribution in [0.3, 0.4) is 0 Å². The van der Waals surface area contributed by atoms with Crippen molar-refractivity contribution < 1.29 is 80.2 Å². The highest BCUT2D eigenvalue weighted by molar-refractivity contribution is 7.47. The normalized spacial score (nSPS) is 15.0. The van der Waals surface area contributed by atoms with Gasteiger partial charge in [0, 0.05) is 25.7 Å². The summed E-state index contributed by atoms with van der Waals surface area (Å²) in [6, 6.07) is 0. The number of unbranched alkanes of at least 4 members (excludes halogenated alkanes) is 8. The summed E-state index contributed by atoms with van der Waals surface area (Å²) in [6.45, 7) is 4.15. The minimum Gasteiger partial charge on any atom is -0.462 e. The van der Waals surface area contributed by atoms with Gasteiger partial charge in [0.1, 0.15) is 19.3 Å². The Kier molecular flexibility index (Phi) is 76.6. The number of ether oxygens (including phenoxy) is 4. The average Bonchev–Trinajstić information content (AvgIpc) is 0.898. The van der Waals surface area contributed by atoms with E-state index in [1.165, 1.54) is 0 Å². The van der Waals surface area contributed by atoms with Crippen LogP contribution in [0, 0.1) is 0 Å². The second-order valence-corrected chi connectivity index (χ2v) is 29.1. The number of phosphoric ester groups is 2. The van der Waals surface area contributed by atoms with E-state index in [9.17, 15) is 43.2 Å². The molecule has 3 N–H and O–H groups in total. The summed E-state index contributed by atoms with van der Waals surface area (Å²) in [6.07, 6.45) is 107. The average molecular weight is 1590 g/mol. The van der Waals surface area contributed by atoms with Crippen LogP contribution in [0.5, 0.6) is 0 Å². The van der Waals surface area contributed by atoms with Crippen molar-refractivity contribution in [1.82, 2.24) is 0 Å². The Morgan fingerprint density at radius 1 is 0.250 bits per heavy atom. The molecule has 0 aliphatic rings. The number of rotatable bonds is 74. The molecule has 0 saturated carbocycles. The molecule has 0 amide bonds. The van der Waals surface area contributed by atoms with E-state index in [0.29, 0.717) is 38.5 Å². The van der Waals surface area contributed by atoms with Crippen molar-refractivity contribution in [2.24, 2.45) is 0 Å². The smallest absolute Gasteiger partial charge is 0.462 e. The second-order valence-electron chi connectivity index (χ2n) is 26.2. The van der Waals surface area contributed by atoms with Crippen molar-refractivity contribution >= 4 is 39.5 Å². The minimum absolute atomic E-state index is 0.00804. The van der Waals surface area contributed by atoms with Crippen LogP contribution in [0.25, 0.3) is 0 Å². The highest BCUT2D eigenvalue weighted by atomic mass is 31.2. The molecule has 5 atom stereocenters. The number of phosphoric acid groups is 2. The lowest BCUT2D eigenvalue weighted by molar-refractivity contribution is -0.161. The van der Waals surface area contributed by atoms with E-state index in [0.717, 1.165) is 167 Å². The lowest BCUT2D eigenvalue weighted by Gasteiger charge is -2.21. The summed E-state index contributed by atoms with van der Waals surface area (Å²) in [5.74, 6) is -2.46. The van der Waals surface area contributed by atoms with Crippen LogP contribution in [-0.4, -0.2) is 96.7 Å². The Labute approximate surface area is 676 Å². The zero-order chi connectivity index (χ0) is 81.7. The van der Waals surface area contributed by atoms with Gasteiger partial charge in [-0.2, -0.15) is 0 Å². The van der Waals surface area contributed by atoms with E-state index in [-0.39, 0.29) is 25.7 Å². The third kappa shape index (κ3) is 80.9. The molecule has 0 aromatic carbocycles. The molecule has 17 nitrogen and oxygen atoms in total. The Morgan fingerprint density at radius 2 is 0.455 bits per heavy atom. The molecule has 0 spiro atoms. The number of esters is 4. The van der Waals surface area contributed by atoms with E-state index in [4.69, 9.17) is 37.0 Å². The van der Waals surface area contributed by atoms with Crippen LogP contribution in [0.1, 0.15) is 259 Å². The second kappa shape index (κ2) is 81.9. The summed E-state index contributed by atoms with van der Waals surface area (Å²) in [5, 5.41) is 10.7. The summed E-state index contributed by atoms with van der Waals surface area (Å²) in [7, 11) is -10.1. The third-order valence-electron chi connectivity index (χ3n) is 15.8. The number of carbonyl (C=O) groups is 4. The van der Waals surface area contributed by atoms with E-state index < -0.39 is 97.5 Å². The van der Waals surface area contributed by atoms with Crippen LogP contribution >= 0.6 is 15.6 Å². The number of hydrogen-bond donors (Lipinski definition) is 3. The maximum absolute atomic E-state index is 13.1. The predicted octanol–water partition coefficient (Wildman–Crippen LogP) is 24.8. The van der Waals surface area contributed by atoms with Crippen LogP contribution in [-0.2, 0) is 65.4 Å². The van der Waals surface area contributed by atoms with Crippen LogP contribution < -0.4 is 0 Å². The van der Waals surface area contributed by atoms with Crippen molar-refractivity contribution in [1.29, 1.82) is 0 Å². The molecule has 5 unspecified atom stereocenters. The molecule has 0 rings (SSSR count). The maximum atomic E-state index is 13.1. The SMILES string of the molecule is CC/C=C\C/C=C\C/C=C\C/C=C\C/C=C\C/C=C\CCC(=O)OCC(COP(=O)(O)OCC(O)COP(=O)(O)OCC(COC(=O)CCCCCC/C=C\C/C=C\C/C=C\C/C=C\CC)OC(=O)CCCCCC/C=C\C/C=C\C/C=C\C/C=C\CC)OC(=O)CC/C=C\C/C=C\C/C=C\C/C=C\C/C=C\C/C=C\CC. The number of aliphatic hydroxyl groups is 1. The van der Waals surface area contributed by atoms with Gasteiger partial charge in [0.2, 0.25) is 0 Å². The highest BCUT2D eigenvalue weighted by Crippen LogP contribution is 2.45. The Balaban J connectivity index is 5.61. The highest BCUT2D eigenvalue weighted by Gasteiger charge is 2.30. The summed E-state index contributed by atoms with van der Waals surface area (Å²) in [5.41, 5.74) is 0. The van der Waals surface area contributed by atoms with Gasteiger partial charge in [-0.3, -0.25) is 37.3 Å². The van der Waals surface area contributed by atoms with Gasteiger partial charge in [0.25, 0.3) is 0 Å². The lowest BCUT2D eigenvalue weighted by atomic mass is 10.1. The van der Waals surface area contributed by atoms with Crippen LogP contribution in [0.2, 0.25) is 0 Å². The van der Waals surface area contributed by atoms with Crippen molar-refractivity contribution in [2.75, 3.05) is 39.6 Å². The van der Waals surface area contributed by atoms with Gasteiger partial charge < -0.3 is 33.8 Å². The maximum Gasteiger partial charge on any atom is 0.472 e. The molecule has 0 saturated heterocycles. The molecule has 0 heterocycles. The molecule has 0 aliphatic heterocycles. The standard InChI is InChI=1S/C93H142O17P2/c1-5-9-13-17-21-25-29-33-37-41-43-47-50-54-58-62-66-70-74-78-91(96)104-84-89(110-93(98)80-76-72-68-64-60-56-52-48-44-42-38-34-30-26-22-18-14-10-6-2)86-108-112(101,102)106-82-87(94)81-105-111(99,100)107-85-88(109-92(97)79-75-71-67-63-59-55-51-46-40-36-32-28-24-20-16-12-8-4)83-103-90(95)77-73-69-65-61-57-53-49-45-39-35-31-27-23-19-15-11-7-3/h9-16,21-28,33-40,43-44,47-49,51,53-56,58,60,66,68,70,72,87-89,94H,5-8,17-20,29-32,41-42,45-46,50,52,57,59,61-65,67,69,71,73-86H2,1-4H3,(H,99,100)(H,101,102)/b13-9-,14-10-,15-11-,16-12-,25-21-,26-22-,27-23-,28-24-,37-33-,38-34-,39-35-,40-36-,47-43-,48-44-,53-49-,55-51-,58-54-,60-56-,70-66-,72-68-. The lowest BCUT2D eigenvalue weighted by Crippen LogP contribution is -2.30. The van der Waals surface area contributed by atoms with Gasteiger partial charge in [-0.25, -0.2) is 9.13 Å². The van der Waals surface area contributed by atoms with Crippen molar-refractivity contribution in [2.45, 2.75) is 277 Å². The van der Waals surface area contributed by atoms with Crippen molar-refractivity contribution in [3.05, 3.63) is 243 Å². The number of aliphatic hydroxyl groups excluding tert-OH is 1. The fourth-order valence-corrected chi connectivity index (χ4v) is 11.3. The number of carbonyl (C=O) groups excluding carboxylic acids is 4. The summed E-state index contributed by atoms with van der Waals surface area (Å²) < 4.78 is 68.5. The van der Waals surface area contributed by atoms with E-state index >= 15 is 0 Å². The predicted molar refractivity (Wildman–Crippen MR) is 463 cm³/mol. The van der Waals surface area contributed by atoms with Gasteiger partial charge in [0.15, 0.2) is 12.2 Å². The van der Waals surface area contributed by atoms with Crippen molar-refractivity contribution in [3.63, 3.8) is 0 Å². The molecule has 112 heavy (non-hydrogen) atoms. The van der Waals surface area contributed by atoms with Crippen molar-refractivity contribution in [3.8, 4) is 0 Å². The van der Waals surface area contributed by atoms with E-state index in [1.54, 1.807) is 0 Å². The molecular weight excluding hydrogens is 1450 g/mol. The minimum atomic E-state index is -5.04. The van der Waals surface area contributed by atoms with Gasteiger partial charge in [0.05, 0.1) is 26.4 Å². The number of allylic oxidation sites excluding steroid dienone is 40. The zero-order valence-corrected chi connectivity index (χ0v) is 70.3. The molecule has 0 fully saturated rings. The number of hydrogen-bond acceptors (Lipinski definition) is 15. The van der Waals surface area contributed by atoms with Gasteiger partial charge in [-0.05, 0) is 180 Å². The first-order valence-electron chi connectivity index (χ1n) is 41.3. The molecule has 0 radical (unpaired) electrons. The molecular formula is C93H142O17P2. The summed E-state index contributed by atoms with van der Waals surface area (Å²) in [4.78, 5) is 73.2. The fraction of sp³-hybridized carbons (Fsp3) is 0.527. The Morgan fingerprint density at radius 3 is 0.732 bits per heavy atom. The first kappa shape index (κ1) is 105. The first-order chi connectivity index (χ1) is 54.7. The van der Waals surface area contributed by atoms with Gasteiger partial charge in [-0.15, -0.1) is 0 Å². The molecule has 626 valence electrons. The molecule has 0 aromatic heterocycles. The summed E-state index contributed by atoms with van der Waals surface area (Å²) >= 11 is 0. The molecule has 0 bridgehead atoms. The zero-order valence-electron chi connectivity index (χ0n) is 68.5. The first-order valence-corrected chi connectivity index (χ1v) is 44.3. The van der Waals surface area contributed by atoms with Gasteiger partial charge >= 0.3 is 39.5 Å². The van der Waals surface area contributed by atoms with E-state index in [2.05, 4.69) is 234 Å². The van der Waals surface area contributed by atoms with Crippen LogP contribution in [0.15, 0.2) is 243 Å². The molecule has 0 aliphatic carbocycles. The van der Waals surface area contributed by atoms with Gasteiger partial charge in [-0.1, -0.05) is 296 Å². The molecule has 19 heteroatoms.